The number of nitrogens with zero attached hydrogens (tertiary/aromatic N) is 3. The van der Waals surface area contributed by atoms with Crippen LogP contribution in [-0.2, 0) is 20.1 Å². The van der Waals surface area contributed by atoms with Gasteiger partial charge in [-0.15, -0.1) is 0 Å². The van der Waals surface area contributed by atoms with E-state index < -0.39 is 11.6 Å². The average Bonchev–Trinajstić information content (AvgIpc) is 2.75. The van der Waals surface area contributed by atoms with Crippen molar-refractivity contribution in [3.8, 4) is 0 Å². The maximum Gasteiger partial charge on any atom is 0.144 e. The molecule has 0 aliphatic rings. The molecule has 1 heterocycles. The third kappa shape index (κ3) is 3.39. The Bertz CT molecular complexity index is 583. The van der Waals surface area contributed by atoms with Gasteiger partial charge in [0, 0.05) is 37.5 Å². The van der Waals surface area contributed by atoms with Gasteiger partial charge in [-0.1, -0.05) is 0 Å². The number of rotatable bonds is 4. The van der Waals surface area contributed by atoms with E-state index in [1.807, 2.05) is 25.2 Å². The van der Waals surface area contributed by atoms with Gasteiger partial charge in [0.05, 0.1) is 10.7 Å². The molecule has 0 spiro atoms. The Hall–Kier alpha value is -1.27. The molecule has 3 nitrogen and oxygen atoms in total. The maximum absolute atomic E-state index is 13.8. The van der Waals surface area contributed by atoms with Gasteiger partial charge < -0.3 is 0 Å². The van der Waals surface area contributed by atoms with Crippen molar-refractivity contribution in [2.45, 2.75) is 13.1 Å². The standard InChI is InChI=1S/C13H14BrF2N3/c1-18(6-9-5-17-19(2)7-9)8-10-12(15)4-3-11(14)13(10)16/h3-5,7H,6,8H2,1-2H3. The molecule has 0 fully saturated rings. The van der Waals surface area contributed by atoms with E-state index in [0.717, 1.165) is 5.56 Å². The summed E-state index contributed by atoms with van der Waals surface area (Å²) in [5.74, 6) is -1.07. The van der Waals surface area contributed by atoms with Crippen LogP contribution >= 0.6 is 15.9 Å². The van der Waals surface area contributed by atoms with Crippen molar-refractivity contribution in [1.29, 1.82) is 0 Å². The van der Waals surface area contributed by atoms with Crippen LogP contribution < -0.4 is 0 Å². The molecule has 0 aliphatic carbocycles. The van der Waals surface area contributed by atoms with E-state index in [-0.39, 0.29) is 16.6 Å². The van der Waals surface area contributed by atoms with Gasteiger partial charge in [0.15, 0.2) is 0 Å². The van der Waals surface area contributed by atoms with E-state index in [0.29, 0.717) is 6.54 Å². The van der Waals surface area contributed by atoms with E-state index in [1.165, 1.54) is 12.1 Å². The van der Waals surface area contributed by atoms with Crippen molar-refractivity contribution < 1.29 is 8.78 Å². The summed E-state index contributed by atoms with van der Waals surface area (Å²) in [5, 5.41) is 4.06. The summed E-state index contributed by atoms with van der Waals surface area (Å²) >= 11 is 3.07. The first-order valence-corrected chi connectivity index (χ1v) is 6.55. The maximum atomic E-state index is 13.8. The smallest absolute Gasteiger partial charge is 0.144 e. The largest absolute Gasteiger partial charge is 0.298 e. The first-order chi connectivity index (χ1) is 8.97. The van der Waals surface area contributed by atoms with Gasteiger partial charge in [-0.05, 0) is 35.1 Å². The lowest BCUT2D eigenvalue weighted by Crippen LogP contribution is -2.19. The fraction of sp³-hybridized carbons (Fsp3) is 0.308. The molecule has 2 aromatic rings. The lowest BCUT2D eigenvalue weighted by molar-refractivity contribution is 0.307. The van der Waals surface area contributed by atoms with Crippen LogP contribution in [0.4, 0.5) is 8.78 Å². The van der Waals surface area contributed by atoms with Crippen LogP contribution in [0, 0.1) is 11.6 Å². The Morgan fingerprint density at radius 2 is 2.05 bits per heavy atom. The molecular formula is C13H14BrF2N3. The summed E-state index contributed by atoms with van der Waals surface area (Å²) in [5.41, 5.74) is 1.07. The number of benzene rings is 1. The van der Waals surface area contributed by atoms with E-state index in [4.69, 9.17) is 0 Å². The number of hydrogen-bond donors (Lipinski definition) is 0. The normalized spacial score (nSPS) is 11.3. The predicted molar refractivity (Wildman–Crippen MR) is 72.4 cm³/mol. The third-order valence-electron chi connectivity index (χ3n) is 2.78. The summed E-state index contributed by atoms with van der Waals surface area (Å²) in [6.07, 6.45) is 3.62. The summed E-state index contributed by atoms with van der Waals surface area (Å²) in [6, 6.07) is 2.63. The summed E-state index contributed by atoms with van der Waals surface area (Å²) in [4.78, 5) is 1.84. The van der Waals surface area contributed by atoms with Crippen molar-refractivity contribution in [2.24, 2.45) is 7.05 Å². The van der Waals surface area contributed by atoms with Crippen LogP contribution in [0.2, 0.25) is 0 Å². The van der Waals surface area contributed by atoms with E-state index >= 15 is 0 Å². The van der Waals surface area contributed by atoms with Crippen molar-refractivity contribution in [1.82, 2.24) is 14.7 Å². The van der Waals surface area contributed by atoms with E-state index in [2.05, 4.69) is 21.0 Å². The minimum atomic E-state index is -0.543. The molecule has 0 unspecified atom stereocenters. The highest BCUT2D eigenvalue weighted by Crippen LogP contribution is 2.23. The molecule has 1 aromatic heterocycles. The Kier molecular flexibility index (Phi) is 4.31. The monoisotopic (exact) mass is 329 g/mol. The SMILES string of the molecule is CN(Cc1cnn(C)c1)Cc1c(F)ccc(Br)c1F. The Morgan fingerprint density at radius 1 is 1.32 bits per heavy atom. The van der Waals surface area contributed by atoms with Gasteiger partial charge in [0.2, 0.25) is 0 Å². The second-order valence-corrected chi connectivity index (χ2v) is 5.37. The van der Waals surface area contributed by atoms with Gasteiger partial charge >= 0.3 is 0 Å². The molecular weight excluding hydrogens is 316 g/mol. The molecule has 6 heteroatoms. The van der Waals surface area contributed by atoms with Crippen LogP contribution in [0.3, 0.4) is 0 Å². The predicted octanol–water partition coefficient (Wildman–Crippen LogP) is 3.09. The Labute approximate surface area is 119 Å². The molecule has 102 valence electrons. The minimum Gasteiger partial charge on any atom is -0.298 e. The summed E-state index contributed by atoms with van der Waals surface area (Å²) in [6.45, 7) is 0.783. The molecule has 0 N–H and O–H groups in total. The van der Waals surface area contributed by atoms with E-state index in [9.17, 15) is 8.78 Å². The highest BCUT2D eigenvalue weighted by atomic mass is 79.9. The van der Waals surface area contributed by atoms with Crippen molar-refractivity contribution >= 4 is 15.9 Å². The lowest BCUT2D eigenvalue weighted by Gasteiger charge is -2.17. The van der Waals surface area contributed by atoms with Gasteiger partial charge in [-0.3, -0.25) is 9.58 Å². The van der Waals surface area contributed by atoms with Gasteiger partial charge in [-0.2, -0.15) is 5.10 Å². The quantitative estimate of drug-likeness (QED) is 0.804. The molecule has 0 saturated carbocycles. The van der Waals surface area contributed by atoms with Crippen molar-refractivity contribution in [3.05, 3.63) is 51.8 Å². The van der Waals surface area contributed by atoms with Crippen LogP contribution in [0.1, 0.15) is 11.1 Å². The molecule has 0 bridgehead atoms. The molecule has 1 aromatic carbocycles. The number of hydrogen-bond acceptors (Lipinski definition) is 2. The highest BCUT2D eigenvalue weighted by molar-refractivity contribution is 9.10. The molecule has 0 amide bonds. The number of aryl methyl sites for hydroxylation is 1. The third-order valence-corrected chi connectivity index (χ3v) is 3.39. The van der Waals surface area contributed by atoms with Crippen LogP contribution in [-0.4, -0.2) is 21.7 Å². The topological polar surface area (TPSA) is 21.1 Å². The summed E-state index contributed by atoms with van der Waals surface area (Å²) in [7, 11) is 3.64. The summed E-state index contributed by atoms with van der Waals surface area (Å²) < 4.78 is 29.4. The van der Waals surface area contributed by atoms with E-state index in [1.54, 1.807) is 10.9 Å². The number of aromatic nitrogens is 2. The lowest BCUT2D eigenvalue weighted by atomic mass is 10.2. The first-order valence-electron chi connectivity index (χ1n) is 5.76. The van der Waals surface area contributed by atoms with Crippen LogP contribution in [0.5, 0.6) is 0 Å². The molecule has 0 atom stereocenters. The first kappa shape index (κ1) is 14.1. The fourth-order valence-electron chi connectivity index (χ4n) is 1.91. The molecule has 0 saturated heterocycles. The minimum absolute atomic E-state index is 0.0702. The highest BCUT2D eigenvalue weighted by Gasteiger charge is 2.14. The second kappa shape index (κ2) is 5.79. The molecule has 2 rings (SSSR count). The Balaban J connectivity index is 2.11. The zero-order valence-corrected chi connectivity index (χ0v) is 12.3. The zero-order chi connectivity index (χ0) is 14.0. The van der Waals surface area contributed by atoms with Gasteiger partial charge in [-0.25, -0.2) is 8.78 Å². The van der Waals surface area contributed by atoms with Crippen LogP contribution in [0.15, 0.2) is 29.0 Å². The van der Waals surface area contributed by atoms with Crippen molar-refractivity contribution in [3.63, 3.8) is 0 Å². The fourth-order valence-corrected chi connectivity index (χ4v) is 2.28. The zero-order valence-electron chi connectivity index (χ0n) is 10.7. The molecule has 19 heavy (non-hydrogen) atoms. The van der Waals surface area contributed by atoms with Crippen LogP contribution in [0.25, 0.3) is 0 Å². The molecule has 0 aliphatic heterocycles. The number of halogens is 3. The average molecular weight is 330 g/mol. The van der Waals surface area contributed by atoms with Gasteiger partial charge in [0.1, 0.15) is 11.6 Å². The van der Waals surface area contributed by atoms with Crippen molar-refractivity contribution in [2.75, 3.05) is 7.05 Å². The second-order valence-electron chi connectivity index (χ2n) is 4.52. The van der Waals surface area contributed by atoms with Gasteiger partial charge in [0.25, 0.3) is 0 Å². The molecule has 0 radical (unpaired) electrons. The Morgan fingerprint density at radius 3 is 2.68 bits per heavy atom.